The van der Waals surface area contributed by atoms with Crippen LogP contribution >= 0.6 is 46.4 Å². The number of fused-ring (bicyclic) bond motifs is 2. The highest BCUT2D eigenvalue weighted by molar-refractivity contribution is 6.42. The highest BCUT2D eigenvalue weighted by atomic mass is 35.5. The van der Waals surface area contributed by atoms with E-state index in [1.54, 1.807) is 54.4 Å². The zero-order valence-corrected chi connectivity index (χ0v) is 51.8. The molecule has 8 rings (SSSR count). The van der Waals surface area contributed by atoms with Gasteiger partial charge < -0.3 is 44.3 Å². The summed E-state index contributed by atoms with van der Waals surface area (Å²) in [6.45, 7) is 10.4. The number of Topliss-reactive ketones (excluding diaryl/α,β-unsaturated/α-hetero) is 2. The smallest absolute Gasteiger partial charge is 0.306 e. The van der Waals surface area contributed by atoms with E-state index in [2.05, 4.69) is 16.7 Å². The molecule has 0 aromatic heterocycles. The molecule has 4 saturated heterocycles. The normalized spacial score (nSPS) is 21.7. The summed E-state index contributed by atoms with van der Waals surface area (Å²) in [5, 5.41) is 11.1. The minimum absolute atomic E-state index is 0.00109. The van der Waals surface area contributed by atoms with E-state index in [0.717, 1.165) is 34.9 Å². The lowest BCUT2D eigenvalue weighted by Crippen LogP contribution is -2.51. The number of carboxylic acids is 1. The Bertz CT molecular complexity index is 2910. The van der Waals surface area contributed by atoms with Crippen molar-refractivity contribution in [1.29, 1.82) is 0 Å². The highest BCUT2D eigenvalue weighted by Gasteiger charge is 2.47. The predicted molar refractivity (Wildman–Crippen MR) is 324 cm³/mol. The van der Waals surface area contributed by atoms with Gasteiger partial charge in [0.1, 0.15) is 41.8 Å². The van der Waals surface area contributed by atoms with Crippen molar-refractivity contribution in [3.63, 3.8) is 0 Å². The maximum absolute atomic E-state index is 14.2. The standard InChI is InChI=1S/C34H44Cl2N2O6.C29H35Cl2N3O6/c1-22-18-30-33(41)37(17-16-24(38(30)20-22)21-43-26-10-8-25(42-5)9-11-26)29(13-15-32(40)44-34(2,3)4)31(39)14-7-23-6-12-27(35)28(36)19-23;1-39-21-4-6-22(7-5-21)40-17-20-12-13-33(29(38)26-15-19(32)16-34(20)26)25(9-11-28(36)37)27(35)10-3-18-2-8-23(30)24(31)14-18/h6,8-12,19,22,24,29-30H,7,13-18,20-21H2,1-5H3;2,4-8,14,19-20,25-26H,3,9-13,15-17,32H2,1H3,(H,36,37)/t22-,24?,29-,30+;19-,20?,25-,26+/m11/s1. The van der Waals surface area contributed by atoms with E-state index >= 15 is 0 Å². The quantitative estimate of drug-likeness (QED) is 0.0626. The third kappa shape index (κ3) is 18.4. The number of amides is 2. The van der Waals surface area contributed by atoms with E-state index < -0.39 is 29.7 Å². The van der Waals surface area contributed by atoms with Gasteiger partial charge in [-0.25, -0.2) is 0 Å². The van der Waals surface area contributed by atoms with Crippen LogP contribution in [-0.4, -0.2) is 162 Å². The Hall–Kier alpha value is -5.66. The van der Waals surface area contributed by atoms with Crippen molar-refractivity contribution in [2.24, 2.45) is 11.7 Å². The van der Waals surface area contributed by atoms with Gasteiger partial charge in [0.2, 0.25) is 11.8 Å². The molecule has 4 fully saturated rings. The Morgan fingerprint density at radius 1 is 0.607 bits per heavy atom. The molecule has 0 saturated carbocycles. The summed E-state index contributed by atoms with van der Waals surface area (Å²) in [7, 11) is 3.22. The zero-order chi connectivity index (χ0) is 60.8. The number of carbonyl (C=O) groups is 6. The van der Waals surface area contributed by atoms with Gasteiger partial charge in [-0.1, -0.05) is 65.5 Å². The number of ketones is 2. The van der Waals surface area contributed by atoms with Crippen LogP contribution in [0.15, 0.2) is 84.9 Å². The lowest BCUT2D eigenvalue weighted by molar-refractivity contribution is -0.156. The number of aryl methyl sites for hydroxylation is 2. The van der Waals surface area contributed by atoms with Gasteiger partial charge in [0.25, 0.3) is 0 Å². The molecule has 0 radical (unpaired) electrons. The van der Waals surface area contributed by atoms with Crippen LogP contribution in [0.1, 0.15) is 103 Å². The molecule has 17 nitrogen and oxygen atoms in total. The zero-order valence-electron chi connectivity index (χ0n) is 48.7. The number of ether oxygens (including phenoxy) is 5. The molecule has 4 aromatic carbocycles. The van der Waals surface area contributed by atoms with Gasteiger partial charge in [0, 0.05) is 70.0 Å². The molecule has 456 valence electrons. The number of rotatable bonds is 24. The van der Waals surface area contributed by atoms with Crippen molar-refractivity contribution < 1.29 is 57.6 Å². The van der Waals surface area contributed by atoms with Crippen LogP contribution in [0.4, 0.5) is 0 Å². The summed E-state index contributed by atoms with van der Waals surface area (Å²) in [6, 6.07) is 22.6. The Kier molecular flexibility index (Phi) is 24.0. The number of hydrogen-bond acceptors (Lipinski definition) is 14. The molecule has 0 bridgehead atoms. The number of esters is 1. The molecule has 0 aliphatic carbocycles. The van der Waals surface area contributed by atoms with E-state index in [-0.39, 0.29) is 92.0 Å². The van der Waals surface area contributed by atoms with Crippen molar-refractivity contribution in [2.75, 3.05) is 53.6 Å². The molecule has 4 aromatic rings. The average molecular weight is 1240 g/mol. The topological polar surface area (TPSA) is 208 Å². The van der Waals surface area contributed by atoms with Crippen LogP contribution in [-0.2, 0) is 46.3 Å². The summed E-state index contributed by atoms with van der Waals surface area (Å²) < 4.78 is 28.2. The fourth-order valence-electron chi connectivity index (χ4n) is 11.6. The SMILES string of the molecule is COc1ccc(OCC2CCN([C@H](CCC(=O)O)C(=O)CCc3ccc(Cl)c(Cl)c3)C(=O)[C@@H]3C[C@@H](N)CN23)cc1.COc1ccc(OCC2CCN([C@H](CCC(=O)OC(C)(C)C)C(=O)CCc3ccc(Cl)c(Cl)c3)C(=O)[C@@H]3C[C@@H](C)CN23)cc1. The van der Waals surface area contributed by atoms with Crippen molar-refractivity contribution in [2.45, 2.75) is 153 Å². The van der Waals surface area contributed by atoms with Crippen molar-refractivity contribution in [3.8, 4) is 23.0 Å². The van der Waals surface area contributed by atoms with Gasteiger partial charge in [-0.15, -0.1) is 0 Å². The van der Waals surface area contributed by atoms with Crippen LogP contribution in [0, 0.1) is 5.92 Å². The summed E-state index contributed by atoms with van der Waals surface area (Å²) >= 11 is 24.4. The molecule has 4 aliphatic heterocycles. The molecule has 4 aliphatic rings. The van der Waals surface area contributed by atoms with Crippen molar-refractivity contribution in [1.82, 2.24) is 19.6 Å². The number of carboxylic acid groups (broad SMARTS) is 1. The second kappa shape index (κ2) is 30.6. The predicted octanol–water partition coefficient (Wildman–Crippen LogP) is 10.2. The van der Waals surface area contributed by atoms with Gasteiger partial charge >= 0.3 is 11.9 Å². The number of benzene rings is 4. The second-order valence-electron chi connectivity index (χ2n) is 23.2. The molecule has 84 heavy (non-hydrogen) atoms. The molecule has 8 atom stereocenters. The third-order valence-corrected chi connectivity index (χ3v) is 17.3. The first-order valence-corrected chi connectivity index (χ1v) is 30.3. The van der Waals surface area contributed by atoms with E-state index in [9.17, 15) is 33.9 Å². The van der Waals surface area contributed by atoms with Crippen molar-refractivity contribution in [3.05, 3.63) is 116 Å². The van der Waals surface area contributed by atoms with E-state index in [1.807, 2.05) is 75.4 Å². The number of halogens is 4. The molecule has 4 heterocycles. The first-order valence-electron chi connectivity index (χ1n) is 28.8. The van der Waals surface area contributed by atoms with E-state index in [1.165, 1.54) is 0 Å². The van der Waals surface area contributed by atoms with Gasteiger partial charge in [-0.3, -0.25) is 38.6 Å². The van der Waals surface area contributed by atoms with Gasteiger partial charge in [0.15, 0.2) is 11.6 Å². The number of hydrogen-bond donors (Lipinski definition) is 2. The minimum atomic E-state index is -1.01. The van der Waals surface area contributed by atoms with Crippen molar-refractivity contribution >= 4 is 81.7 Å². The molecule has 2 amide bonds. The molecule has 21 heteroatoms. The molecular weight excluding hydrogens is 1160 g/mol. The molecule has 3 N–H and O–H groups in total. The molecular formula is C63H79Cl4N5O12. The minimum Gasteiger partial charge on any atom is -0.497 e. The van der Waals surface area contributed by atoms with E-state index in [4.69, 9.17) is 75.8 Å². The number of nitrogens with zero attached hydrogens (tertiary/aromatic N) is 4. The van der Waals surface area contributed by atoms with Crippen LogP contribution in [0.5, 0.6) is 23.0 Å². The molecule has 0 spiro atoms. The number of methoxy groups -OCH3 is 2. The highest BCUT2D eigenvalue weighted by Crippen LogP contribution is 2.35. The monoisotopic (exact) mass is 1240 g/mol. The first-order chi connectivity index (χ1) is 40.0. The van der Waals surface area contributed by atoms with Gasteiger partial charge in [-0.2, -0.15) is 0 Å². The summed E-state index contributed by atoms with van der Waals surface area (Å²) in [4.78, 5) is 87.2. The van der Waals surface area contributed by atoms with E-state index in [0.29, 0.717) is 103 Å². The van der Waals surface area contributed by atoms with Gasteiger partial charge in [-0.05, 0) is 162 Å². The number of carbonyl (C=O) groups excluding carboxylic acids is 5. The Balaban J connectivity index is 0.000000242. The first kappa shape index (κ1) is 65.9. The Morgan fingerprint density at radius 2 is 1.04 bits per heavy atom. The third-order valence-electron chi connectivity index (χ3n) is 15.9. The summed E-state index contributed by atoms with van der Waals surface area (Å²) in [6.07, 6.45) is 3.67. The Morgan fingerprint density at radius 3 is 1.46 bits per heavy atom. The summed E-state index contributed by atoms with van der Waals surface area (Å²) in [5.41, 5.74) is 7.37. The number of nitrogens with two attached hydrogens (primary N) is 1. The lowest BCUT2D eigenvalue weighted by atomic mass is 9.97. The summed E-state index contributed by atoms with van der Waals surface area (Å²) in [5.74, 6) is 1.33. The van der Waals surface area contributed by atoms with Crippen LogP contribution in [0.2, 0.25) is 20.1 Å². The second-order valence-corrected chi connectivity index (χ2v) is 24.8. The maximum atomic E-state index is 14.2. The largest absolute Gasteiger partial charge is 0.497 e. The van der Waals surface area contributed by atoms with Crippen LogP contribution < -0.4 is 24.7 Å². The average Bonchev–Trinajstić information content (AvgIpc) is 4.24. The van der Waals surface area contributed by atoms with Gasteiger partial charge in [0.05, 0.1) is 58.5 Å². The molecule has 2 unspecified atom stereocenters. The Labute approximate surface area is 513 Å². The van der Waals surface area contributed by atoms with Crippen LogP contribution in [0.25, 0.3) is 0 Å². The number of aliphatic carboxylic acids is 1. The lowest BCUT2D eigenvalue weighted by Gasteiger charge is -2.32. The fourth-order valence-corrected chi connectivity index (χ4v) is 12.3. The van der Waals surface area contributed by atoms with Crippen LogP contribution in [0.3, 0.4) is 0 Å². The fraction of sp³-hybridized carbons (Fsp3) is 0.524. The maximum Gasteiger partial charge on any atom is 0.306 e.